The Morgan fingerprint density at radius 2 is 2.28 bits per heavy atom. The Hall–Kier alpha value is -2.11. The highest BCUT2D eigenvalue weighted by atomic mass is 19.1. The van der Waals surface area contributed by atoms with E-state index in [-0.39, 0.29) is 17.9 Å². The van der Waals surface area contributed by atoms with Crippen molar-refractivity contribution in [2.45, 2.75) is 12.5 Å². The molecule has 0 amide bonds. The Morgan fingerprint density at radius 1 is 1.50 bits per heavy atom. The molecule has 0 saturated carbocycles. The molecule has 1 heterocycles. The van der Waals surface area contributed by atoms with Crippen molar-refractivity contribution < 1.29 is 28.2 Å². The number of hydrogen-bond acceptors (Lipinski definition) is 5. The van der Waals surface area contributed by atoms with Gasteiger partial charge in [0.1, 0.15) is 17.1 Å². The Balaban J connectivity index is 2.27. The Bertz CT molecular complexity index is 485. The average Bonchev–Trinajstić information content (AvgIpc) is 2.74. The fraction of sp³-hybridized carbons (Fsp3) is 0.333. The Morgan fingerprint density at radius 3 is 2.89 bits per heavy atom. The maximum absolute atomic E-state index is 13.1. The lowest BCUT2D eigenvalue weighted by Crippen LogP contribution is -2.23. The van der Waals surface area contributed by atoms with E-state index in [9.17, 15) is 14.0 Å². The van der Waals surface area contributed by atoms with Gasteiger partial charge in [0.2, 0.25) is 0 Å². The van der Waals surface area contributed by atoms with E-state index < -0.39 is 23.9 Å². The summed E-state index contributed by atoms with van der Waals surface area (Å²) in [5, 5.41) is 0. The SMILES string of the molecule is COC(=O)c1ccc(F)cc1OC1CCOC1=O. The van der Waals surface area contributed by atoms with Crippen molar-refractivity contribution in [3.63, 3.8) is 0 Å². The van der Waals surface area contributed by atoms with Crippen LogP contribution < -0.4 is 4.74 Å². The van der Waals surface area contributed by atoms with Crippen molar-refractivity contribution in [3.05, 3.63) is 29.6 Å². The molecule has 1 unspecified atom stereocenters. The quantitative estimate of drug-likeness (QED) is 0.761. The number of methoxy groups -OCH3 is 1. The highest BCUT2D eigenvalue weighted by Gasteiger charge is 2.30. The van der Waals surface area contributed by atoms with Crippen LogP contribution in [0.15, 0.2) is 18.2 Å². The van der Waals surface area contributed by atoms with Gasteiger partial charge in [-0.3, -0.25) is 0 Å². The molecule has 1 saturated heterocycles. The van der Waals surface area contributed by atoms with Gasteiger partial charge in [0.25, 0.3) is 0 Å². The van der Waals surface area contributed by atoms with Gasteiger partial charge < -0.3 is 14.2 Å². The number of benzene rings is 1. The van der Waals surface area contributed by atoms with Gasteiger partial charge in [-0.2, -0.15) is 0 Å². The lowest BCUT2D eigenvalue weighted by Gasteiger charge is -2.13. The molecule has 0 bridgehead atoms. The average molecular weight is 254 g/mol. The summed E-state index contributed by atoms with van der Waals surface area (Å²) < 4.78 is 27.7. The molecule has 0 aliphatic carbocycles. The first-order valence-corrected chi connectivity index (χ1v) is 5.33. The van der Waals surface area contributed by atoms with Crippen LogP contribution in [0.1, 0.15) is 16.8 Å². The van der Waals surface area contributed by atoms with Crippen LogP contribution in [0.5, 0.6) is 5.75 Å². The second-order valence-corrected chi connectivity index (χ2v) is 3.69. The van der Waals surface area contributed by atoms with E-state index in [1.165, 1.54) is 13.2 Å². The van der Waals surface area contributed by atoms with Crippen molar-refractivity contribution in [1.82, 2.24) is 0 Å². The molecule has 1 aromatic rings. The topological polar surface area (TPSA) is 61.8 Å². The van der Waals surface area contributed by atoms with Gasteiger partial charge in [-0.1, -0.05) is 0 Å². The molecule has 1 atom stereocenters. The molecule has 2 rings (SSSR count). The third-order valence-corrected chi connectivity index (χ3v) is 2.51. The predicted octanol–water partition coefficient (Wildman–Crippen LogP) is 1.31. The summed E-state index contributed by atoms with van der Waals surface area (Å²) >= 11 is 0. The predicted molar refractivity (Wildman–Crippen MR) is 57.7 cm³/mol. The van der Waals surface area contributed by atoms with Gasteiger partial charge in [0.15, 0.2) is 6.10 Å². The second kappa shape index (κ2) is 5.03. The summed E-state index contributed by atoms with van der Waals surface area (Å²) in [5.74, 6) is -1.76. The van der Waals surface area contributed by atoms with Crippen molar-refractivity contribution in [2.24, 2.45) is 0 Å². The van der Waals surface area contributed by atoms with Gasteiger partial charge in [-0.25, -0.2) is 14.0 Å². The van der Waals surface area contributed by atoms with E-state index >= 15 is 0 Å². The van der Waals surface area contributed by atoms with Crippen molar-refractivity contribution >= 4 is 11.9 Å². The number of carbonyl (C=O) groups excluding carboxylic acids is 2. The first-order chi connectivity index (χ1) is 8.61. The molecule has 0 N–H and O–H groups in total. The second-order valence-electron chi connectivity index (χ2n) is 3.69. The van der Waals surface area contributed by atoms with Crippen molar-refractivity contribution in [2.75, 3.05) is 13.7 Å². The largest absolute Gasteiger partial charge is 0.478 e. The fourth-order valence-electron chi connectivity index (χ4n) is 1.61. The molecule has 1 fully saturated rings. The monoisotopic (exact) mass is 254 g/mol. The van der Waals surface area contributed by atoms with Crippen LogP contribution in [0.4, 0.5) is 4.39 Å². The standard InChI is InChI=1S/C12H11FO5/c1-16-11(14)8-3-2-7(13)6-10(8)18-9-4-5-17-12(9)15/h2-3,6,9H,4-5H2,1H3. The first-order valence-electron chi connectivity index (χ1n) is 5.33. The molecular formula is C12H11FO5. The van der Waals surface area contributed by atoms with E-state index in [1.54, 1.807) is 0 Å². The molecule has 18 heavy (non-hydrogen) atoms. The Labute approximate surface area is 102 Å². The number of halogens is 1. The van der Waals surface area contributed by atoms with Crippen LogP contribution in [0.2, 0.25) is 0 Å². The van der Waals surface area contributed by atoms with Crippen LogP contribution in [-0.2, 0) is 14.3 Å². The van der Waals surface area contributed by atoms with Gasteiger partial charge in [0, 0.05) is 12.5 Å². The summed E-state index contributed by atoms with van der Waals surface area (Å²) in [6, 6.07) is 3.40. The van der Waals surface area contributed by atoms with E-state index in [0.717, 1.165) is 12.1 Å². The van der Waals surface area contributed by atoms with Gasteiger partial charge in [-0.05, 0) is 12.1 Å². The first kappa shape index (κ1) is 12.3. The summed E-state index contributed by atoms with van der Waals surface area (Å²) in [6.45, 7) is 0.256. The van der Waals surface area contributed by atoms with Crippen molar-refractivity contribution in [1.29, 1.82) is 0 Å². The summed E-state index contributed by atoms with van der Waals surface area (Å²) in [4.78, 5) is 22.7. The zero-order valence-corrected chi connectivity index (χ0v) is 9.64. The normalized spacial score (nSPS) is 18.3. The third kappa shape index (κ3) is 2.42. The summed E-state index contributed by atoms with van der Waals surface area (Å²) in [7, 11) is 1.21. The summed E-state index contributed by atoms with van der Waals surface area (Å²) in [6.07, 6.45) is -0.439. The zero-order chi connectivity index (χ0) is 13.1. The lowest BCUT2D eigenvalue weighted by molar-refractivity contribution is -0.143. The minimum absolute atomic E-state index is 0.0225. The van der Waals surface area contributed by atoms with E-state index in [4.69, 9.17) is 9.47 Å². The zero-order valence-electron chi connectivity index (χ0n) is 9.64. The molecule has 0 aromatic heterocycles. The van der Waals surface area contributed by atoms with Gasteiger partial charge >= 0.3 is 11.9 Å². The maximum Gasteiger partial charge on any atom is 0.347 e. The Kier molecular flexibility index (Phi) is 3.45. The van der Waals surface area contributed by atoms with E-state index in [1.807, 2.05) is 0 Å². The number of carbonyl (C=O) groups is 2. The molecule has 5 nitrogen and oxygen atoms in total. The number of ether oxygens (including phenoxy) is 3. The molecule has 1 aromatic carbocycles. The number of hydrogen-bond donors (Lipinski definition) is 0. The van der Waals surface area contributed by atoms with Crippen LogP contribution in [0.25, 0.3) is 0 Å². The fourth-order valence-corrected chi connectivity index (χ4v) is 1.61. The molecule has 0 radical (unpaired) electrons. The molecule has 1 aliphatic heterocycles. The molecule has 0 spiro atoms. The molecule has 96 valence electrons. The number of cyclic esters (lactones) is 1. The molecule has 1 aliphatic rings. The third-order valence-electron chi connectivity index (χ3n) is 2.51. The highest BCUT2D eigenvalue weighted by molar-refractivity contribution is 5.92. The van der Waals surface area contributed by atoms with Crippen LogP contribution in [0, 0.1) is 5.82 Å². The van der Waals surface area contributed by atoms with Crippen LogP contribution >= 0.6 is 0 Å². The highest BCUT2D eigenvalue weighted by Crippen LogP contribution is 2.24. The van der Waals surface area contributed by atoms with Crippen LogP contribution in [0.3, 0.4) is 0 Å². The maximum atomic E-state index is 13.1. The number of esters is 2. The summed E-state index contributed by atoms with van der Waals surface area (Å²) in [5.41, 5.74) is 0.0681. The van der Waals surface area contributed by atoms with E-state index in [0.29, 0.717) is 6.42 Å². The van der Waals surface area contributed by atoms with E-state index in [2.05, 4.69) is 4.74 Å². The van der Waals surface area contributed by atoms with Gasteiger partial charge in [0.05, 0.1) is 13.7 Å². The molecule has 6 heteroatoms. The van der Waals surface area contributed by atoms with Crippen molar-refractivity contribution in [3.8, 4) is 5.75 Å². The van der Waals surface area contributed by atoms with Crippen LogP contribution in [-0.4, -0.2) is 31.8 Å². The number of rotatable bonds is 3. The molecular weight excluding hydrogens is 243 g/mol. The lowest BCUT2D eigenvalue weighted by atomic mass is 10.2. The minimum atomic E-state index is -0.810. The minimum Gasteiger partial charge on any atom is -0.478 e. The van der Waals surface area contributed by atoms with Gasteiger partial charge in [-0.15, -0.1) is 0 Å². The smallest absolute Gasteiger partial charge is 0.347 e.